The van der Waals surface area contributed by atoms with Crippen molar-refractivity contribution in [3.05, 3.63) is 64.8 Å². The van der Waals surface area contributed by atoms with Gasteiger partial charge in [0.1, 0.15) is 16.5 Å². The van der Waals surface area contributed by atoms with E-state index in [2.05, 4.69) is 20.2 Å². The fourth-order valence-electron chi connectivity index (χ4n) is 3.10. The number of H-pyrrole nitrogens is 2. The van der Waals surface area contributed by atoms with E-state index in [1.807, 2.05) is 48.5 Å². The van der Waals surface area contributed by atoms with Crippen molar-refractivity contribution in [3.8, 4) is 17.0 Å². The van der Waals surface area contributed by atoms with Crippen molar-refractivity contribution in [2.75, 3.05) is 7.11 Å². The van der Waals surface area contributed by atoms with Gasteiger partial charge in [0.25, 0.3) is 0 Å². The van der Waals surface area contributed by atoms with E-state index in [-0.39, 0.29) is 4.91 Å². The Labute approximate surface area is 170 Å². The number of para-hydroxylation sites is 1. The van der Waals surface area contributed by atoms with Gasteiger partial charge in [-0.1, -0.05) is 42.5 Å². The molecule has 0 spiro atoms. The van der Waals surface area contributed by atoms with Crippen LogP contribution in [0.4, 0.5) is 0 Å². The van der Waals surface area contributed by atoms with Crippen LogP contribution in [0.1, 0.15) is 11.4 Å². The Kier molecular flexibility index (Phi) is 5.09. The first-order valence-electron chi connectivity index (χ1n) is 8.82. The molecule has 2 aromatic carbocycles. The molecule has 0 radical (unpaired) electrons. The minimum Gasteiger partial charge on any atom is -0.495 e. The first-order valence-corrected chi connectivity index (χ1v) is 9.64. The second kappa shape index (κ2) is 7.84. The molecule has 0 atom stereocenters. The Morgan fingerprint density at radius 3 is 2.62 bits per heavy atom. The fraction of sp³-hybridized carbons (Fsp3) is 0.0952. The Bertz CT molecular complexity index is 1210. The average molecular weight is 406 g/mol. The Morgan fingerprint density at radius 2 is 1.97 bits per heavy atom. The van der Waals surface area contributed by atoms with Gasteiger partial charge in [-0.2, -0.15) is 0 Å². The molecule has 4 rings (SSSR count). The number of carbonyl (C=O) groups is 1. The van der Waals surface area contributed by atoms with Crippen LogP contribution in [0.15, 0.2) is 58.6 Å². The molecular formula is C21H18N4O3S. The topological polar surface area (TPSA) is 104 Å². The molecule has 2 aromatic heterocycles. The Hall–Kier alpha value is -3.52. The lowest BCUT2D eigenvalue weighted by molar-refractivity contribution is -0.131. The number of hydrogen-bond acceptors (Lipinski definition) is 5. The molecule has 0 saturated carbocycles. The normalized spacial score (nSPS) is 11.7. The SMILES string of the molecule is COc1cccc2c(/C=C(\Sc3n[nH]c(C)n3)C(=O)O)c(-c3ccccc3)[nH]c12. The molecular weight excluding hydrogens is 388 g/mol. The molecule has 2 heterocycles. The molecule has 3 N–H and O–H groups in total. The van der Waals surface area contributed by atoms with E-state index in [9.17, 15) is 9.90 Å². The maximum atomic E-state index is 12.0. The lowest BCUT2D eigenvalue weighted by Crippen LogP contribution is -1.97. The quantitative estimate of drug-likeness (QED) is 0.322. The van der Waals surface area contributed by atoms with Crippen LogP contribution in [-0.2, 0) is 4.79 Å². The van der Waals surface area contributed by atoms with E-state index in [0.29, 0.717) is 16.7 Å². The van der Waals surface area contributed by atoms with Gasteiger partial charge in [-0.3, -0.25) is 5.10 Å². The van der Waals surface area contributed by atoms with E-state index in [1.54, 1.807) is 20.1 Å². The standard InChI is InChI=1S/C21H18N4O3S/c1-12-22-21(25-24-12)29-17(20(26)27)11-15-14-9-6-10-16(28-2)19(14)23-18(15)13-7-4-3-5-8-13/h3-11,23H,1-2H3,(H,26,27)(H,22,24,25)/b17-11-. The molecule has 0 aliphatic heterocycles. The zero-order valence-corrected chi connectivity index (χ0v) is 16.6. The van der Waals surface area contributed by atoms with Crippen molar-refractivity contribution in [3.63, 3.8) is 0 Å². The summed E-state index contributed by atoms with van der Waals surface area (Å²) in [7, 11) is 1.61. The molecule has 0 amide bonds. The summed E-state index contributed by atoms with van der Waals surface area (Å²) in [6, 6.07) is 15.4. The minimum absolute atomic E-state index is 0.116. The molecule has 0 saturated heterocycles. The Morgan fingerprint density at radius 1 is 1.17 bits per heavy atom. The third-order valence-electron chi connectivity index (χ3n) is 4.38. The van der Waals surface area contributed by atoms with Gasteiger partial charge < -0.3 is 14.8 Å². The van der Waals surface area contributed by atoms with E-state index in [4.69, 9.17) is 4.74 Å². The second-order valence-electron chi connectivity index (χ2n) is 6.28. The van der Waals surface area contributed by atoms with Crippen LogP contribution in [0.5, 0.6) is 5.75 Å². The van der Waals surface area contributed by atoms with Gasteiger partial charge in [-0.25, -0.2) is 9.78 Å². The van der Waals surface area contributed by atoms with Crippen LogP contribution in [0.3, 0.4) is 0 Å². The van der Waals surface area contributed by atoms with Crippen LogP contribution in [0.2, 0.25) is 0 Å². The number of carboxylic acids is 1. The first-order chi connectivity index (χ1) is 14.1. The van der Waals surface area contributed by atoms with Crippen LogP contribution in [-0.4, -0.2) is 38.4 Å². The van der Waals surface area contributed by atoms with Crippen LogP contribution in [0.25, 0.3) is 28.2 Å². The fourth-order valence-corrected chi connectivity index (χ4v) is 3.83. The monoisotopic (exact) mass is 406 g/mol. The average Bonchev–Trinajstić information content (AvgIpc) is 3.31. The van der Waals surface area contributed by atoms with Crippen LogP contribution in [0, 0.1) is 6.92 Å². The number of aryl methyl sites for hydroxylation is 1. The highest BCUT2D eigenvalue weighted by molar-refractivity contribution is 8.04. The smallest absolute Gasteiger partial charge is 0.342 e. The number of carboxylic acid groups (broad SMARTS) is 1. The number of methoxy groups -OCH3 is 1. The lowest BCUT2D eigenvalue weighted by atomic mass is 10.0. The van der Waals surface area contributed by atoms with E-state index in [0.717, 1.165) is 39.5 Å². The first kappa shape index (κ1) is 18.8. The number of fused-ring (bicyclic) bond motifs is 1. The molecule has 146 valence electrons. The zero-order valence-electron chi connectivity index (χ0n) is 15.8. The van der Waals surface area contributed by atoms with Crippen molar-refractivity contribution in [1.82, 2.24) is 20.2 Å². The minimum atomic E-state index is -1.05. The summed E-state index contributed by atoms with van der Waals surface area (Å²) in [5.41, 5.74) is 3.34. The maximum absolute atomic E-state index is 12.0. The number of thioether (sulfide) groups is 1. The number of benzene rings is 2. The largest absolute Gasteiger partial charge is 0.495 e. The van der Waals surface area contributed by atoms with Crippen molar-refractivity contribution in [2.45, 2.75) is 12.1 Å². The van der Waals surface area contributed by atoms with Crippen LogP contribution < -0.4 is 4.74 Å². The van der Waals surface area contributed by atoms with Crippen molar-refractivity contribution >= 4 is 34.7 Å². The number of rotatable bonds is 6. The summed E-state index contributed by atoms with van der Waals surface area (Å²) in [5, 5.41) is 17.8. The third-order valence-corrected chi connectivity index (χ3v) is 5.26. The molecule has 7 nitrogen and oxygen atoms in total. The number of ether oxygens (including phenoxy) is 1. The number of nitrogens with zero attached hydrogens (tertiary/aromatic N) is 2. The Balaban J connectivity index is 1.92. The predicted octanol–water partition coefficient (Wildman–Crippen LogP) is 4.49. The number of aromatic amines is 2. The van der Waals surface area contributed by atoms with Gasteiger partial charge in [-0.15, -0.1) is 5.10 Å². The highest BCUT2D eigenvalue weighted by Gasteiger charge is 2.19. The summed E-state index contributed by atoms with van der Waals surface area (Å²) in [6.45, 7) is 1.76. The highest BCUT2D eigenvalue weighted by atomic mass is 32.2. The molecule has 0 aliphatic rings. The van der Waals surface area contributed by atoms with Crippen LogP contribution >= 0.6 is 11.8 Å². The van der Waals surface area contributed by atoms with Crippen molar-refractivity contribution < 1.29 is 14.6 Å². The van der Waals surface area contributed by atoms with Gasteiger partial charge in [0.2, 0.25) is 5.16 Å². The third kappa shape index (κ3) is 3.74. The van der Waals surface area contributed by atoms with E-state index >= 15 is 0 Å². The lowest BCUT2D eigenvalue weighted by Gasteiger charge is -2.03. The maximum Gasteiger partial charge on any atom is 0.342 e. The molecule has 4 aromatic rings. The van der Waals surface area contributed by atoms with E-state index in [1.165, 1.54) is 0 Å². The highest BCUT2D eigenvalue weighted by Crippen LogP contribution is 2.37. The molecule has 8 heteroatoms. The van der Waals surface area contributed by atoms with Gasteiger partial charge in [0, 0.05) is 10.9 Å². The summed E-state index contributed by atoms with van der Waals surface area (Å²) in [4.78, 5) is 19.7. The number of hydrogen-bond donors (Lipinski definition) is 3. The number of nitrogens with one attached hydrogen (secondary N) is 2. The molecule has 0 unspecified atom stereocenters. The number of aliphatic carboxylic acids is 1. The summed E-state index contributed by atoms with van der Waals surface area (Å²) >= 11 is 1.00. The molecule has 0 bridgehead atoms. The molecule has 29 heavy (non-hydrogen) atoms. The summed E-state index contributed by atoms with van der Waals surface area (Å²) in [5.74, 6) is 0.265. The van der Waals surface area contributed by atoms with Gasteiger partial charge in [0.15, 0.2) is 0 Å². The van der Waals surface area contributed by atoms with E-state index < -0.39 is 5.97 Å². The van der Waals surface area contributed by atoms with Gasteiger partial charge in [-0.05, 0) is 36.4 Å². The van der Waals surface area contributed by atoms with Crippen molar-refractivity contribution in [1.29, 1.82) is 0 Å². The van der Waals surface area contributed by atoms with Gasteiger partial charge in [0.05, 0.1) is 18.3 Å². The van der Waals surface area contributed by atoms with Gasteiger partial charge >= 0.3 is 5.97 Å². The molecule has 0 aliphatic carbocycles. The predicted molar refractivity (Wildman–Crippen MR) is 113 cm³/mol. The number of aromatic nitrogens is 4. The zero-order chi connectivity index (χ0) is 20.4. The summed E-state index contributed by atoms with van der Waals surface area (Å²) < 4.78 is 5.48. The molecule has 0 fully saturated rings. The summed E-state index contributed by atoms with van der Waals surface area (Å²) in [6.07, 6.45) is 1.65. The van der Waals surface area contributed by atoms with Crippen molar-refractivity contribution in [2.24, 2.45) is 0 Å². The second-order valence-corrected chi connectivity index (χ2v) is 7.29.